The Labute approximate surface area is 152 Å². The number of nitrogens with one attached hydrogen (secondary N) is 1. The van der Waals surface area contributed by atoms with Crippen LogP contribution in [0.4, 0.5) is 5.69 Å². The molecule has 128 valence electrons. The minimum atomic E-state index is -0.570. The van der Waals surface area contributed by atoms with Crippen LogP contribution in [-0.4, -0.2) is 22.0 Å². The highest BCUT2D eigenvalue weighted by Gasteiger charge is 2.17. The van der Waals surface area contributed by atoms with Gasteiger partial charge in [-0.2, -0.15) is 0 Å². The van der Waals surface area contributed by atoms with Gasteiger partial charge >= 0.3 is 0 Å². The second kappa shape index (κ2) is 8.19. The molecule has 2 N–H and O–H groups in total. The molecule has 3 nitrogen and oxygen atoms in total. The molecule has 3 aromatic carbocycles. The number of fused-ring (bicyclic) bond motifs is 1. The highest BCUT2D eigenvalue weighted by molar-refractivity contribution is 8.00. The zero-order valence-corrected chi connectivity index (χ0v) is 14.9. The Morgan fingerprint density at radius 3 is 2.48 bits per heavy atom. The second-order valence-corrected chi connectivity index (χ2v) is 7.29. The van der Waals surface area contributed by atoms with E-state index in [2.05, 4.69) is 5.32 Å². The lowest BCUT2D eigenvalue weighted by Crippen LogP contribution is -2.23. The summed E-state index contributed by atoms with van der Waals surface area (Å²) in [7, 11) is 0. The summed E-state index contributed by atoms with van der Waals surface area (Å²) < 4.78 is 0. The molecule has 2 unspecified atom stereocenters. The van der Waals surface area contributed by atoms with Gasteiger partial charge in [0, 0.05) is 16.8 Å². The summed E-state index contributed by atoms with van der Waals surface area (Å²) in [6.45, 7) is 1.86. The van der Waals surface area contributed by atoms with E-state index in [0.717, 1.165) is 22.0 Å². The maximum Gasteiger partial charge on any atom is 0.237 e. The van der Waals surface area contributed by atoms with Gasteiger partial charge in [0.15, 0.2) is 0 Å². The van der Waals surface area contributed by atoms with Crippen molar-refractivity contribution in [2.24, 2.45) is 0 Å². The molecule has 1 amide bonds. The normalized spacial score (nSPS) is 13.4. The lowest BCUT2D eigenvalue weighted by molar-refractivity contribution is -0.115. The number of anilines is 1. The molecular formula is C21H21NO2S. The number of hydrogen-bond donors (Lipinski definition) is 2. The molecule has 0 saturated heterocycles. The molecule has 0 aliphatic rings. The lowest BCUT2D eigenvalue weighted by atomic mass is 10.1. The third kappa shape index (κ3) is 4.41. The number of carbonyl (C=O) groups is 1. The van der Waals surface area contributed by atoms with Gasteiger partial charge in [0.2, 0.25) is 5.91 Å². The predicted octanol–water partition coefficient (Wildman–Crippen LogP) is 4.63. The fourth-order valence-corrected chi connectivity index (χ4v) is 3.53. The Bertz CT molecular complexity index is 845. The van der Waals surface area contributed by atoms with Gasteiger partial charge < -0.3 is 10.4 Å². The van der Waals surface area contributed by atoms with Crippen molar-refractivity contribution < 1.29 is 9.90 Å². The molecule has 0 aliphatic heterocycles. The minimum Gasteiger partial charge on any atom is -0.388 e. The van der Waals surface area contributed by atoms with Crippen LogP contribution in [0.15, 0.2) is 72.8 Å². The van der Waals surface area contributed by atoms with Crippen LogP contribution in [0.5, 0.6) is 0 Å². The van der Waals surface area contributed by atoms with Crippen LogP contribution in [0.25, 0.3) is 10.8 Å². The lowest BCUT2D eigenvalue weighted by Gasteiger charge is -2.16. The molecule has 0 heterocycles. The first-order valence-corrected chi connectivity index (χ1v) is 9.33. The van der Waals surface area contributed by atoms with Gasteiger partial charge in [0.1, 0.15) is 0 Å². The first-order valence-electron chi connectivity index (χ1n) is 8.28. The molecule has 0 fully saturated rings. The van der Waals surface area contributed by atoms with Crippen LogP contribution in [0.2, 0.25) is 0 Å². The molecule has 0 saturated carbocycles. The van der Waals surface area contributed by atoms with E-state index in [-0.39, 0.29) is 11.2 Å². The smallest absolute Gasteiger partial charge is 0.237 e. The van der Waals surface area contributed by atoms with E-state index in [1.807, 2.05) is 79.7 Å². The summed E-state index contributed by atoms with van der Waals surface area (Å²) >= 11 is 1.45. The molecule has 25 heavy (non-hydrogen) atoms. The van der Waals surface area contributed by atoms with Crippen molar-refractivity contribution in [1.82, 2.24) is 0 Å². The van der Waals surface area contributed by atoms with E-state index in [1.54, 1.807) is 0 Å². The monoisotopic (exact) mass is 351 g/mol. The van der Waals surface area contributed by atoms with Crippen LogP contribution in [-0.2, 0) is 4.79 Å². The van der Waals surface area contributed by atoms with Gasteiger partial charge in [0.05, 0.1) is 11.4 Å². The maximum absolute atomic E-state index is 12.5. The van der Waals surface area contributed by atoms with Crippen LogP contribution in [0.3, 0.4) is 0 Å². The van der Waals surface area contributed by atoms with Crippen LogP contribution in [0, 0.1) is 0 Å². The van der Waals surface area contributed by atoms with Gasteiger partial charge in [-0.1, -0.05) is 66.7 Å². The van der Waals surface area contributed by atoms with Crippen molar-refractivity contribution in [3.8, 4) is 0 Å². The van der Waals surface area contributed by atoms with E-state index < -0.39 is 6.10 Å². The van der Waals surface area contributed by atoms with E-state index in [4.69, 9.17) is 0 Å². The van der Waals surface area contributed by atoms with Crippen molar-refractivity contribution in [2.45, 2.75) is 18.3 Å². The Morgan fingerprint density at radius 1 is 1.00 bits per heavy atom. The highest BCUT2D eigenvalue weighted by Crippen LogP contribution is 2.25. The van der Waals surface area contributed by atoms with Crippen molar-refractivity contribution in [3.05, 3.63) is 78.4 Å². The number of hydrogen-bond acceptors (Lipinski definition) is 3. The molecular weight excluding hydrogens is 330 g/mol. The largest absolute Gasteiger partial charge is 0.388 e. The van der Waals surface area contributed by atoms with E-state index >= 15 is 0 Å². The van der Waals surface area contributed by atoms with Crippen LogP contribution >= 0.6 is 11.8 Å². The van der Waals surface area contributed by atoms with Crippen molar-refractivity contribution in [3.63, 3.8) is 0 Å². The summed E-state index contributed by atoms with van der Waals surface area (Å²) in [5.74, 6) is 0.426. The molecule has 4 heteroatoms. The Kier molecular flexibility index (Phi) is 5.74. The first-order chi connectivity index (χ1) is 12.1. The summed E-state index contributed by atoms with van der Waals surface area (Å²) in [4.78, 5) is 12.5. The van der Waals surface area contributed by atoms with Gasteiger partial charge in [-0.15, -0.1) is 11.8 Å². The fraction of sp³-hybridized carbons (Fsp3) is 0.190. The minimum absolute atomic E-state index is 0.0541. The predicted molar refractivity (Wildman–Crippen MR) is 106 cm³/mol. The Morgan fingerprint density at radius 2 is 1.68 bits per heavy atom. The van der Waals surface area contributed by atoms with Gasteiger partial charge in [-0.05, 0) is 23.9 Å². The number of rotatable bonds is 6. The zero-order chi connectivity index (χ0) is 17.6. The molecule has 0 radical (unpaired) electrons. The van der Waals surface area contributed by atoms with E-state index in [1.165, 1.54) is 11.8 Å². The quantitative estimate of drug-likeness (QED) is 0.680. The molecule has 0 aromatic heterocycles. The van der Waals surface area contributed by atoms with Gasteiger partial charge in [-0.25, -0.2) is 0 Å². The number of carbonyl (C=O) groups excluding carboxylic acids is 1. The van der Waals surface area contributed by atoms with E-state index in [9.17, 15) is 9.90 Å². The standard InChI is InChI=1S/C21H21NO2S/c1-15(25-14-20(23)17-9-3-2-4-10-17)21(24)22-19-13-7-11-16-8-5-6-12-18(16)19/h2-13,15,20,23H,14H2,1H3,(H,22,24). The number of aliphatic hydroxyl groups is 1. The van der Waals surface area contributed by atoms with E-state index in [0.29, 0.717) is 5.75 Å². The molecule has 3 aromatic rings. The van der Waals surface area contributed by atoms with Crippen molar-refractivity contribution in [2.75, 3.05) is 11.1 Å². The van der Waals surface area contributed by atoms with Crippen molar-refractivity contribution >= 4 is 34.1 Å². The summed E-state index contributed by atoms with van der Waals surface area (Å²) in [5.41, 5.74) is 1.69. The van der Waals surface area contributed by atoms with Crippen LogP contribution in [0.1, 0.15) is 18.6 Å². The maximum atomic E-state index is 12.5. The molecule has 0 aliphatic carbocycles. The number of aliphatic hydroxyl groups excluding tert-OH is 1. The number of benzene rings is 3. The molecule has 0 bridgehead atoms. The molecule has 2 atom stereocenters. The Balaban J connectivity index is 1.61. The third-order valence-corrected chi connectivity index (χ3v) is 5.33. The van der Waals surface area contributed by atoms with Gasteiger partial charge in [0.25, 0.3) is 0 Å². The highest BCUT2D eigenvalue weighted by atomic mass is 32.2. The van der Waals surface area contributed by atoms with Crippen LogP contribution < -0.4 is 5.32 Å². The van der Waals surface area contributed by atoms with Gasteiger partial charge in [-0.3, -0.25) is 4.79 Å². The average molecular weight is 351 g/mol. The topological polar surface area (TPSA) is 49.3 Å². The van der Waals surface area contributed by atoms with Crippen molar-refractivity contribution in [1.29, 1.82) is 0 Å². The zero-order valence-electron chi connectivity index (χ0n) is 14.1. The third-order valence-electron chi connectivity index (χ3n) is 4.11. The molecule has 3 rings (SSSR count). The average Bonchev–Trinajstić information content (AvgIpc) is 2.66. The number of thioether (sulfide) groups is 1. The number of amides is 1. The first kappa shape index (κ1) is 17.5. The summed E-state index contributed by atoms with van der Waals surface area (Å²) in [6, 6.07) is 23.4. The summed E-state index contributed by atoms with van der Waals surface area (Å²) in [6.07, 6.45) is -0.570. The summed E-state index contributed by atoms with van der Waals surface area (Å²) in [5, 5.41) is 15.1. The molecule has 0 spiro atoms. The fourth-order valence-electron chi connectivity index (χ4n) is 2.65. The second-order valence-electron chi connectivity index (χ2n) is 5.92. The SMILES string of the molecule is CC(SCC(O)c1ccccc1)C(=O)Nc1cccc2ccccc12. The Hall–Kier alpha value is -2.30.